The number of rotatable bonds is 4. The van der Waals surface area contributed by atoms with Crippen molar-refractivity contribution in [2.45, 2.75) is 11.9 Å². The van der Waals surface area contributed by atoms with Gasteiger partial charge in [0.1, 0.15) is 48.4 Å². The lowest BCUT2D eigenvalue weighted by Gasteiger charge is -2.28. The maximum atomic E-state index is 13.1. The largest absolute Gasteiger partial charge is 0.368 e. The molecule has 14 heteroatoms. The van der Waals surface area contributed by atoms with Gasteiger partial charge >= 0.3 is 0 Å². The molecule has 5 heterocycles. The first-order chi connectivity index (χ1) is 20.4. The summed E-state index contributed by atoms with van der Waals surface area (Å²) < 4.78 is 26.0. The van der Waals surface area contributed by atoms with Crippen LogP contribution in [0.4, 0.5) is 20.5 Å². The molecule has 0 atom stereocenters. The van der Waals surface area contributed by atoms with Gasteiger partial charge in [-0.3, -0.25) is 0 Å². The average Bonchev–Trinajstić information content (AvgIpc) is 3.62. The van der Waals surface area contributed by atoms with Crippen molar-refractivity contribution in [1.29, 1.82) is 0 Å². The van der Waals surface area contributed by atoms with Crippen molar-refractivity contribution >= 4 is 66.9 Å². The zero-order valence-electron chi connectivity index (χ0n) is 22.6. The second-order valence-electron chi connectivity index (χ2n) is 9.28. The monoisotopic (exact) mass is 621 g/mol. The van der Waals surface area contributed by atoms with Gasteiger partial charge in [0, 0.05) is 37.3 Å². The summed E-state index contributed by atoms with van der Waals surface area (Å²) in [6, 6.07) is 12.6. The van der Waals surface area contributed by atoms with E-state index in [9.17, 15) is 8.78 Å². The molecule has 0 saturated carbocycles. The van der Waals surface area contributed by atoms with E-state index in [1.807, 2.05) is 13.2 Å². The van der Waals surface area contributed by atoms with E-state index in [2.05, 4.69) is 40.1 Å². The molecule has 9 nitrogen and oxygen atoms in total. The topological polar surface area (TPSA) is 119 Å². The third-order valence-electron chi connectivity index (χ3n) is 6.39. The Labute approximate surface area is 252 Å². The predicted octanol–water partition coefficient (Wildman–Crippen LogP) is 5.81. The number of thiazole rings is 2. The van der Waals surface area contributed by atoms with Gasteiger partial charge in [-0.1, -0.05) is 22.7 Å². The van der Waals surface area contributed by atoms with Crippen LogP contribution in [0.1, 0.15) is 5.82 Å². The van der Waals surface area contributed by atoms with Crippen molar-refractivity contribution in [3.05, 3.63) is 66.0 Å². The first-order valence-electron chi connectivity index (χ1n) is 13.0. The standard InChI is InChI=1S/C15H15FN6S.C13H10FN3S2/c16-10-3-1-9(2-4-10)13-19-11-12(22-7-5-18-6-8-22)20-15(17)21-14(11)23-13;1-7-15-12(18-2)10-13(16-7)19-11(17-10)8-3-5-9(14)6-4-8/h1-4,18H,5-8H2,(H2,17,20,21);3-6H,1-2H3. The molecule has 0 bridgehead atoms. The van der Waals surface area contributed by atoms with Crippen molar-refractivity contribution in [3.8, 4) is 21.1 Å². The molecule has 214 valence electrons. The third kappa shape index (κ3) is 6.02. The van der Waals surface area contributed by atoms with Crippen LogP contribution in [0.3, 0.4) is 0 Å². The number of nitrogen functional groups attached to an aromatic ring is 1. The summed E-state index contributed by atoms with van der Waals surface area (Å²) in [5.41, 5.74) is 9.20. The molecule has 3 N–H and O–H groups in total. The Kier molecular flexibility index (Phi) is 8.20. The molecular formula is C28H25F2N9S3. The van der Waals surface area contributed by atoms with E-state index in [0.29, 0.717) is 0 Å². The molecule has 0 aliphatic carbocycles. The van der Waals surface area contributed by atoms with E-state index >= 15 is 0 Å². The summed E-state index contributed by atoms with van der Waals surface area (Å²) >= 11 is 4.50. The van der Waals surface area contributed by atoms with Gasteiger partial charge in [0.2, 0.25) is 5.95 Å². The van der Waals surface area contributed by atoms with E-state index < -0.39 is 0 Å². The highest BCUT2D eigenvalue weighted by Gasteiger charge is 2.20. The minimum atomic E-state index is -0.264. The third-order valence-corrected chi connectivity index (χ3v) is 9.06. The number of anilines is 2. The van der Waals surface area contributed by atoms with E-state index in [4.69, 9.17) is 5.73 Å². The van der Waals surface area contributed by atoms with Crippen molar-refractivity contribution in [3.63, 3.8) is 0 Å². The maximum absolute atomic E-state index is 13.1. The molecule has 1 fully saturated rings. The minimum Gasteiger partial charge on any atom is -0.368 e. The second-order valence-corrected chi connectivity index (χ2v) is 12.0. The van der Waals surface area contributed by atoms with Gasteiger partial charge in [-0.15, -0.1) is 11.8 Å². The molecule has 0 unspecified atom stereocenters. The maximum Gasteiger partial charge on any atom is 0.223 e. The number of piperazine rings is 1. The van der Waals surface area contributed by atoms with Crippen molar-refractivity contribution in [1.82, 2.24) is 35.2 Å². The van der Waals surface area contributed by atoms with Gasteiger partial charge in [-0.25, -0.2) is 33.7 Å². The van der Waals surface area contributed by atoms with Crippen molar-refractivity contribution in [2.24, 2.45) is 0 Å². The number of aromatic nitrogens is 6. The van der Waals surface area contributed by atoms with Gasteiger partial charge in [0.05, 0.1) is 0 Å². The zero-order chi connectivity index (χ0) is 29.2. The second kappa shape index (κ2) is 12.2. The first kappa shape index (κ1) is 28.3. The van der Waals surface area contributed by atoms with E-state index in [0.717, 1.165) is 84.7 Å². The van der Waals surface area contributed by atoms with Crippen molar-refractivity contribution < 1.29 is 8.78 Å². The number of thioether (sulfide) groups is 1. The molecule has 0 amide bonds. The number of nitrogens with two attached hydrogens (primary N) is 1. The fourth-order valence-electron chi connectivity index (χ4n) is 4.39. The highest BCUT2D eigenvalue weighted by molar-refractivity contribution is 7.98. The Morgan fingerprint density at radius 3 is 1.88 bits per heavy atom. The van der Waals surface area contributed by atoms with Crippen LogP contribution in [-0.2, 0) is 0 Å². The van der Waals surface area contributed by atoms with Gasteiger partial charge in [-0.05, 0) is 61.7 Å². The highest BCUT2D eigenvalue weighted by Crippen LogP contribution is 2.34. The molecule has 6 aromatic rings. The molecule has 0 radical (unpaired) electrons. The zero-order valence-corrected chi connectivity index (χ0v) is 25.1. The van der Waals surface area contributed by atoms with E-state index in [1.54, 1.807) is 36.0 Å². The number of fused-ring (bicyclic) bond motifs is 2. The fourth-order valence-corrected chi connectivity index (χ4v) is 6.96. The SMILES string of the molecule is CSc1nc(C)nc2sc(-c3ccc(F)cc3)nc12.Nc1nc(N2CCNCC2)c2nc(-c3ccc(F)cc3)sc2n1. The number of hydrogen-bond acceptors (Lipinski definition) is 12. The lowest BCUT2D eigenvalue weighted by Crippen LogP contribution is -2.44. The number of aryl methyl sites for hydroxylation is 1. The van der Waals surface area contributed by atoms with Crippen LogP contribution >= 0.6 is 34.4 Å². The molecule has 0 spiro atoms. The Balaban J connectivity index is 0.000000153. The van der Waals surface area contributed by atoms with Gasteiger partial charge in [0.25, 0.3) is 0 Å². The quantitative estimate of drug-likeness (QED) is 0.185. The number of hydrogen-bond donors (Lipinski definition) is 2. The normalized spacial score (nSPS) is 13.4. The Hall–Kier alpha value is -3.85. The fraction of sp³-hybridized carbons (Fsp3) is 0.214. The number of nitrogens with one attached hydrogen (secondary N) is 1. The van der Waals surface area contributed by atoms with Crippen LogP contribution in [0.5, 0.6) is 0 Å². The molecule has 7 rings (SSSR count). The summed E-state index contributed by atoms with van der Waals surface area (Å²) in [7, 11) is 0. The molecule has 1 saturated heterocycles. The number of halogens is 2. The summed E-state index contributed by atoms with van der Waals surface area (Å²) in [5, 5.41) is 5.82. The van der Waals surface area contributed by atoms with Gasteiger partial charge < -0.3 is 16.0 Å². The highest BCUT2D eigenvalue weighted by atomic mass is 32.2. The summed E-state index contributed by atoms with van der Waals surface area (Å²) in [4.78, 5) is 30.5. The molecule has 42 heavy (non-hydrogen) atoms. The lowest BCUT2D eigenvalue weighted by molar-refractivity contribution is 0.586. The minimum absolute atomic E-state index is 0.245. The van der Waals surface area contributed by atoms with E-state index in [-0.39, 0.29) is 17.6 Å². The number of nitrogens with zero attached hydrogens (tertiary/aromatic N) is 7. The Morgan fingerprint density at radius 2 is 1.31 bits per heavy atom. The molecule has 1 aliphatic heterocycles. The Bertz CT molecular complexity index is 1850. The Morgan fingerprint density at radius 1 is 0.762 bits per heavy atom. The van der Waals surface area contributed by atoms with Gasteiger partial charge in [-0.2, -0.15) is 4.98 Å². The van der Waals surface area contributed by atoms with Gasteiger partial charge in [0.15, 0.2) is 10.6 Å². The van der Waals surface area contributed by atoms with Crippen LogP contribution in [-0.4, -0.2) is 62.3 Å². The average molecular weight is 622 g/mol. The van der Waals surface area contributed by atoms with E-state index in [1.165, 1.54) is 46.9 Å². The summed E-state index contributed by atoms with van der Waals surface area (Å²) in [6.45, 7) is 5.39. The van der Waals surface area contributed by atoms with Crippen LogP contribution in [0.2, 0.25) is 0 Å². The van der Waals surface area contributed by atoms with Crippen LogP contribution in [0.15, 0.2) is 53.6 Å². The smallest absolute Gasteiger partial charge is 0.223 e. The summed E-state index contributed by atoms with van der Waals surface area (Å²) in [6.07, 6.45) is 1.97. The molecular weight excluding hydrogens is 597 g/mol. The predicted molar refractivity (Wildman–Crippen MR) is 167 cm³/mol. The van der Waals surface area contributed by atoms with Crippen LogP contribution in [0.25, 0.3) is 41.8 Å². The summed E-state index contributed by atoms with van der Waals surface area (Å²) in [5.74, 6) is 1.26. The lowest BCUT2D eigenvalue weighted by atomic mass is 10.2. The van der Waals surface area contributed by atoms with Crippen molar-refractivity contribution in [2.75, 3.05) is 43.1 Å². The number of benzene rings is 2. The van der Waals surface area contributed by atoms with Crippen LogP contribution in [0, 0.1) is 18.6 Å². The molecule has 1 aliphatic rings. The van der Waals surface area contributed by atoms with Crippen LogP contribution < -0.4 is 16.0 Å². The molecule has 4 aromatic heterocycles. The first-order valence-corrected chi connectivity index (χ1v) is 15.8. The molecule has 2 aromatic carbocycles.